The number of carboxylic acid groups (broad SMARTS) is 1. The number of aromatic carboxylic acids is 1. The van der Waals surface area contributed by atoms with E-state index in [4.69, 9.17) is 5.11 Å². The summed E-state index contributed by atoms with van der Waals surface area (Å²) in [7, 11) is 0. The normalized spacial score (nSPS) is 11.2. The van der Waals surface area contributed by atoms with E-state index >= 15 is 0 Å². The molecule has 0 aliphatic heterocycles. The van der Waals surface area contributed by atoms with Crippen molar-refractivity contribution in [3.8, 4) is 11.1 Å². The quantitative estimate of drug-likeness (QED) is 0.234. The van der Waals surface area contributed by atoms with Gasteiger partial charge < -0.3 is 10.4 Å². The van der Waals surface area contributed by atoms with Crippen LogP contribution in [0, 0.1) is 11.6 Å². The number of benzene rings is 4. The Balaban J connectivity index is 1.40. The number of halogens is 2. The van der Waals surface area contributed by atoms with Crippen LogP contribution in [0.3, 0.4) is 0 Å². The first-order valence-electron chi connectivity index (χ1n) is 12.9. The molecule has 6 rings (SSSR count). The van der Waals surface area contributed by atoms with Gasteiger partial charge in [0.25, 0.3) is 5.91 Å². The molecule has 41 heavy (non-hydrogen) atoms. The second-order valence-corrected chi connectivity index (χ2v) is 9.73. The highest BCUT2D eigenvalue weighted by atomic mass is 19.1. The van der Waals surface area contributed by atoms with Crippen LogP contribution in [-0.4, -0.2) is 26.4 Å². The molecular weight excluding hydrogens is 524 g/mol. The summed E-state index contributed by atoms with van der Waals surface area (Å²) >= 11 is 0. The minimum atomic E-state index is -1.04. The molecule has 0 spiro atoms. The average Bonchev–Trinajstić information content (AvgIpc) is 3.39. The number of imidazole rings is 1. The number of fused-ring (bicyclic) bond motifs is 2. The third-order valence-electron chi connectivity index (χ3n) is 7.00. The summed E-state index contributed by atoms with van der Waals surface area (Å²) in [6.45, 7) is 0.132. The van der Waals surface area contributed by atoms with Gasteiger partial charge in [0.1, 0.15) is 23.2 Å². The van der Waals surface area contributed by atoms with Gasteiger partial charge in [0, 0.05) is 18.5 Å². The fourth-order valence-corrected chi connectivity index (χ4v) is 4.93. The third kappa shape index (κ3) is 5.27. The van der Waals surface area contributed by atoms with E-state index in [2.05, 4.69) is 16.4 Å². The number of amides is 1. The Bertz CT molecular complexity index is 1950. The van der Waals surface area contributed by atoms with E-state index in [1.165, 1.54) is 18.2 Å². The molecule has 0 atom stereocenters. The molecule has 8 heteroatoms. The van der Waals surface area contributed by atoms with Crippen molar-refractivity contribution in [3.05, 3.63) is 143 Å². The third-order valence-corrected chi connectivity index (χ3v) is 7.00. The fourth-order valence-electron chi connectivity index (χ4n) is 4.93. The van der Waals surface area contributed by atoms with E-state index in [0.29, 0.717) is 28.9 Å². The molecule has 2 aromatic heterocycles. The molecule has 6 aromatic rings. The minimum Gasteiger partial charge on any atom is -0.478 e. The Morgan fingerprint density at radius 3 is 2.37 bits per heavy atom. The van der Waals surface area contributed by atoms with Crippen molar-refractivity contribution < 1.29 is 23.5 Å². The number of carboxylic acids is 1. The highest BCUT2D eigenvalue weighted by Crippen LogP contribution is 2.28. The SMILES string of the molecule is O=C(O)c1ccc(CNC(=O)c2cc(-c3cc(F)ccc3F)cc3cnc(Cc4ccc5ccccc5c4)n23)cc1. The number of hydrogen-bond donors (Lipinski definition) is 2. The van der Waals surface area contributed by atoms with Gasteiger partial charge in [-0.15, -0.1) is 0 Å². The van der Waals surface area contributed by atoms with E-state index < -0.39 is 23.5 Å². The van der Waals surface area contributed by atoms with Gasteiger partial charge >= 0.3 is 5.97 Å². The number of carbonyl (C=O) groups is 2. The van der Waals surface area contributed by atoms with Gasteiger partial charge in [-0.2, -0.15) is 0 Å². The molecule has 2 heterocycles. The number of carbonyl (C=O) groups excluding carboxylic acids is 1. The lowest BCUT2D eigenvalue weighted by Crippen LogP contribution is -2.25. The Kier molecular flexibility index (Phi) is 6.73. The second kappa shape index (κ2) is 10.7. The zero-order chi connectivity index (χ0) is 28.5. The summed E-state index contributed by atoms with van der Waals surface area (Å²) in [5.74, 6) is -2.09. The molecule has 0 saturated heterocycles. The number of rotatable bonds is 7. The molecule has 0 unspecified atom stereocenters. The molecule has 0 saturated carbocycles. The van der Waals surface area contributed by atoms with Crippen LogP contribution in [-0.2, 0) is 13.0 Å². The lowest BCUT2D eigenvalue weighted by molar-refractivity contribution is 0.0696. The van der Waals surface area contributed by atoms with Crippen LogP contribution < -0.4 is 5.32 Å². The summed E-state index contributed by atoms with van der Waals surface area (Å²) < 4.78 is 30.5. The largest absolute Gasteiger partial charge is 0.478 e. The van der Waals surface area contributed by atoms with Crippen LogP contribution in [0.1, 0.15) is 37.8 Å². The summed E-state index contributed by atoms with van der Waals surface area (Å²) in [6.07, 6.45) is 2.04. The summed E-state index contributed by atoms with van der Waals surface area (Å²) in [4.78, 5) is 29.3. The van der Waals surface area contributed by atoms with Gasteiger partial charge in [-0.05, 0) is 69.9 Å². The molecule has 0 bridgehead atoms. The summed E-state index contributed by atoms with van der Waals surface area (Å²) in [5, 5.41) is 14.2. The number of nitrogens with zero attached hydrogens (tertiary/aromatic N) is 2. The van der Waals surface area contributed by atoms with Crippen LogP contribution in [0.2, 0.25) is 0 Å². The first-order valence-corrected chi connectivity index (χ1v) is 12.9. The van der Waals surface area contributed by atoms with Crippen LogP contribution in [0.25, 0.3) is 27.4 Å². The minimum absolute atomic E-state index is 0.0306. The Hall–Kier alpha value is -5.37. The van der Waals surface area contributed by atoms with Gasteiger partial charge in [0.05, 0.1) is 17.3 Å². The van der Waals surface area contributed by atoms with E-state index in [0.717, 1.165) is 34.5 Å². The number of nitrogens with one attached hydrogen (secondary N) is 1. The molecular formula is C33H23F2N3O3. The highest BCUT2D eigenvalue weighted by Gasteiger charge is 2.19. The molecule has 0 fully saturated rings. The number of hydrogen-bond acceptors (Lipinski definition) is 3. The molecule has 0 aliphatic carbocycles. The predicted octanol–water partition coefficient (Wildman–Crippen LogP) is 6.65. The zero-order valence-corrected chi connectivity index (χ0v) is 21.6. The summed E-state index contributed by atoms with van der Waals surface area (Å²) in [6, 6.07) is 26.7. The van der Waals surface area contributed by atoms with Crippen molar-refractivity contribution in [2.45, 2.75) is 13.0 Å². The van der Waals surface area contributed by atoms with E-state index in [-0.39, 0.29) is 23.4 Å². The Labute approximate surface area is 233 Å². The highest BCUT2D eigenvalue weighted by molar-refractivity contribution is 5.95. The van der Waals surface area contributed by atoms with Crippen LogP contribution in [0.5, 0.6) is 0 Å². The second-order valence-electron chi connectivity index (χ2n) is 9.73. The van der Waals surface area contributed by atoms with E-state index in [9.17, 15) is 18.4 Å². The smallest absolute Gasteiger partial charge is 0.335 e. The van der Waals surface area contributed by atoms with Crippen LogP contribution in [0.4, 0.5) is 8.78 Å². The van der Waals surface area contributed by atoms with Gasteiger partial charge in [-0.3, -0.25) is 9.20 Å². The van der Waals surface area contributed by atoms with Crippen LogP contribution >= 0.6 is 0 Å². The van der Waals surface area contributed by atoms with Crippen molar-refractivity contribution >= 4 is 28.2 Å². The summed E-state index contributed by atoms with van der Waals surface area (Å²) in [5.41, 5.74) is 2.97. The van der Waals surface area contributed by atoms with Crippen molar-refractivity contribution in [3.63, 3.8) is 0 Å². The van der Waals surface area contributed by atoms with Crippen molar-refractivity contribution in [1.29, 1.82) is 0 Å². The fraction of sp³-hybridized carbons (Fsp3) is 0.0606. The van der Waals surface area contributed by atoms with E-state index in [1.807, 2.05) is 36.4 Å². The molecule has 0 radical (unpaired) electrons. The van der Waals surface area contributed by atoms with Gasteiger partial charge in [-0.1, -0.05) is 54.6 Å². The molecule has 0 aliphatic rings. The predicted molar refractivity (Wildman–Crippen MR) is 152 cm³/mol. The standard InChI is InChI=1S/C33H23F2N3O3/c34-26-11-12-29(35)28(17-26)25-15-27-19-36-31(14-21-7-8-22-3-1-2-4-24(22)13-21)38(27)30(16-25)32(39)37-18-20-5-9-23(10-6-20)33(40)41/h1-13,15-17,19H,14,18H2,(H,37,39)(H,40,41). The Morgan fingerprint density at radius 1 is 0.829 bits per heavy atom. The molecule has 1 amide bonds. The first kappa shape index (κ1) is 25.9. The molecule has 2 N–H and O–H groups in total. The van der Waals surface area contributed by atoms with Crippen molar-refractivity contribution in [2.24, 2.45) is 0 Å². The maximum absolute atomic E-state index is 14.7. The number of pyridine rings is 1. The topological polar surface area (TPSA) is 83.7 Å². The first-order chi connectivity index (χ1) is 19.9. The average molecular weight is 548 g/mol. The molecule has 202 valence electrons. The van der Waals surface area contributed by atoms with Gasteiger partial charge in [0.15, 0.2) is 0 Å². The zero-order valence-electron chi connectivity index (χ0n) is 21.6. The van der Waals surface area contributed by atoms with Crippen molar-refractivity contribution in [1.82, 2.24) is 14.7 Å². The maximum atomic E-state index is 14.7. The van der Waals surface area contributed by atoms with Gasteiger partial charge in [0.2, 0.25) is 0 Å². The van der Waals surface area contributed by atoms with Crippen molar-refractivity contribution in [2.75, 3.05) is 0 Å². The van der Waals surface area contributed by atoms with E-state index in [1.54, 1.807) is 28.8 Å². The lowest BCUT2D eigenvalue weighted by atomic mass is 10.0. The molecule has 6 nitrogen and oxygen atoms in total. The maximum Gasteiger partial charge on any atom is 0.335 e. The lowest BCUT2D eigenvalue weighted by Gasteiger charge is -2.13. The number of aromatic nitrogens is 2. The van der Waals surface area contributed by atoms with Crippen LogP contribution in [0.15, 0.2) is 103 Å². The molecule has 4 aromatic carbocycles. The van der Waals surface area contributed by atoms with Gasteiger partial charge in [-0.25, -0.2) is 18.6 Å². The Morgan fingerprint density at radius 2 is 1.59 bits per heavy atom. The monoisotopic (exact) mass is 547 g/mol.